The van der Waals surface area contributed by atoms with Crippen LogP contribution in [-0.2, 0) is 9.47 Å². The van der Waals surface area contributed by atoms with Crippen LogP contribution in [0.15, 0.2) is 36.4 Å². The zero-order valence-electron chi connectivity index (χ0n) is 23.1. The van der Waals surface area contributed by atoms with Crippen molar-refractivity contribution in [2.24, 2.45) is 11.8 Å². The van der Waals surface area contributed by atoms with Crippen LogP contribution < -0.4 is 4.74 Å². The Bertz CT molecular complexity index is 907. The molecule has 0 aromatic heterocycles. The van der Waals surface area contributed by atoms with E-state index in [1.165, 1.54) is 51.0 Å². The van der Waals surface area contributed by atoms with E-state index in [-0.39, 0.29) is 11.3 Å². The molecule has 3 nitrogen and oxygen atoms in total. The summed E-state index contributed by atoms with van der Waals surface area (Å²) in [6.07, 6.45) is 13.1. The van der Waals surface area contributed by atoms with E-state index in [2.05, 4.69) is 20.8 Å². The number of hydrogen-bond acceptors (Lipinski definition) is 3. The zero-order chi connectivity index (χ0) is 26.5. The van der Waals surface area contributed by atoms with Crippen LogP contribution in [0.1, 0.15) is 103 Å². The molecule has 1 unspecified atom stereocenters. The number of ether oxygens (including phenoxy) is 3. The Morgan fingerprint density at radius 2 is 1.46 bits per heavy atom. The van der Waals surface area contributed by atoms with Crippen molar-refractivity contribution >= 4 is 0 Å². The fourth-order valence-corrected chi connectivity index (χ4v) is 4.85. The molecule has 1 aliphatic rings. The van der Waals surface area contributed by atoms with E-state index in [1.807, 2.05) is 12.1 Å². The SMILES string of the molecule is CCCCCCCCCC1COC(c2ccc(-c3ccc(OCC(C)CCCC)c(F)c3F)cc2)OC1. The molecule has 0 radical (unpaired) electrons. The van der Waals surface area contributed by atoms with Crippen LogP contribution in [0.2, 0.25) is 0 Å². The summed E-state index contributed by atoms with van der Waals surface area (Å²) in [5.41, 5.74) is 1.71. The third-order valence-electron chi connectivity index (χ3n) is 7.30. The molecule has 1 saturated heterocycles. The topological polar surface area (TPSA) is 27.7 Å². The van der Waals surface area contributed by atoms with Crippen LogP contribution >= 0.6 is 0 Å². The first-order chi connectivity index (χ1) is 18.0. The molecule has 1 aliphatic heterocycles. The number of halogens is 2. The van der Waals surface area contributed by atoms with E-state index < -0.39 is 17.9 Å². The zero-order valence-corrected chi connectivity index (χ0v) is 23.1. The van der Waals surface area contributed by atoms with Crippen LogP contribution in [0.4, 0.5) is 8.78 Å². The maximum atomic E-state index is 14.9. The van der Waals surface area contributed by atoms with Crippen LogP contribution in [0.3, 0.4) is 0 Å². The molecule has 0 N–H and O–H groups in total. The third-order valence-corrected chi connectivity index (χ3v) is 7.30. The van der Waals surface area contributed by atoms with Gasteiger partial charge in [0.1, 0.15) is 0 Å². The van der Waals surface area contributed by atoms with Gasteiger partial charge in [-0.2, -0.15) is 4.39 Å². The van der Waals surface area contributed by atoms with Crippen LogP contribution in [-0.4, -0.2) is 19.8 Å². The number of unbranched alkanes of at least 4 members (excludes halogenated alkanes) is 7. The molecule has 1 atom stereocenters. The van der Waals surface area contributed by atoms with Crippen LogP contribution in [0, 0.1) is 23.5 Å². The molecule has 1 fully saturated rings. The lowest BCUT2D eigenvalue weighted by Gasteiger charge is -2.29. The molecule has 5 heteroatoms. The van der Waals surface area contributed by atoms with E-state index >= 15 is 0 Å². The highest BCUT2D eigenvalue weighted by Gasteiger charge is 2.24. The van der Waals surface area contributed by atoms with Crippen LogP contribution in [0.5, 0.6) is 5.75 Å². The number of rotatable bonds is 16. The van der Waals surface area contributed by atoms with Gasteiger partial charge in [-0.25, -0.2) is 4.39 Å². The minimum absolute atomic E-state index is 0.0312. The second-order valence-corrected chi connectivity index (χ2v) is 10.7. The Morgan fingerprint density at radius 3 is 2.14 bits per heavy atom. The smallest absolute Gasteiger partial charge is 0.201 e. The molecular formula is C32H46F2O3. The fraction of sp³-hybridized carbons (Fsp3) is 0.625. The van der Waals surface area contributed by atoms with Gasteiger partial charge in [-0.15, -0.1) is 0 Å². The Kier molecular flexibility index (Phi) is 12.9. The van der Waals surface area contributed by atoms with Gasteiger partial charge in [-0.1, -0.05) is 103 Å². The van der Waals surface area contributed by atoms with Gasteiger partial charge in [0.2, 0.25) is 5.82 Å². The highest BCUT2D eigenvalue weighted by molar-refractivity contribution is 5.65. The highest BCUT2D eigenvalue weighted by Crippen LogP contribution is 2.33. The van der Waals surface area contributed by atoms with E-state index in [0.717, 1.165) is 31.2 Å². The van der Waals surface area contributed by atoms with Gasteiger partial charge in [0.25, 0.3) is 0 Å². The van der Waals surface area contributed by atoms with Crippen molar-refractivity contribution in [3.05, 3.63) is 53.6 Å². The molecule has 2 aromatic rings. The predicted octanol–water partition coefficient (Wildman–Crippen LogP) is 9.64. The number of hydrogen-bond donors (Lipinski definition) is 0. The van der Waals surface area contributed by atoms with Gasteiger partial charge in [0.05, 0.1) is 19.8 Å². The Labute approximate surface area is 222 Å². The van der Waals surface area contributed by atoms with Crippen molar-refractivity contribution in [2.45, 2.75) is 97.7 Å². The average molecular weight is 517 g/mol. The second kappa shape index (κ2) is 16.1. The molecule has 0 bridgehead atoms. The van der Waals surface area contributed by atoms with Crippen molar-refractivity contribution in [1.29, 1.82) is 0 Å². The quantitative estimate of drug-likeness (QED) is 0.208. The van der Waals surface area contributed by atoms with Crippen molar-refractivity contribution in [1.82, 2.24) is 0 Å². The summed E-state index contributed by atoms with van der Waals surface area (Å²) in [7, 11) is 0. The first-order valence-electron chi connectivity index (χ1n) is 14.5. The van der Waals surface area contributed by atoms with Crippen molar-refractivity contribution in [3.8, 4) is 16.9 Å². The molecule has 3 rings (SSSR count). The lowest BCUT2D eigenvalue weighted by Crippen LogP contribution is -2.27. The lowest BCUT2D eigenvalue weighted by atomic mass is 10.00. The molecule has 2 aromatic carbocycles. The highest BCUT2D eigenvalue weighted by atomic mass is 19.2. The first-order valence-corrected chi connectivity index (χ1v) is 14.5. The summed E-state index contributed by atoms with van der Waals surface area (Å²) in [6, 6.07) is 10.4. The van der Waals surface area contributed by atoms with Gasteiger partial charge >= 0.3 is 0 Å². The molecule has 37 heavy (non-hydrogen) atoms. The summed E-state index contributed by atoms with van der Waals surface area (Å²) >= 11 is 0. The largest absolute Gasteiger partial charge is 0.490 e. The van der Waals surface area contributed by atoms with Crippen LogP contribution in [0.25, 0.3) is 11.1 Å². The summed E-state index contributed by atoms with van der Waals surface area (Å²) in [4.78, 5) is 0. The summed E-state index contributed by atoms with van der Waals surface area (Å²) in [5, 5.41) is 0. The van der Waals surface area contributed by atoms with Gasteiger partial charge in [0, 0.05) is 17.0 Å². The summed E-state index contributed by atoms with van der Waals surface area (Å²) in [6.45, 7) is 8.22. The van der Waals surface area contributed by atoms with Crippen molar-refractivity contribution in [3.63, 3.8) is 0 Å². The Morgan fingerprint density at radius 1 is 0.811 bits per heavy atom. The van der Waals surface area contributed by atoms with Gasteiger partial charge in [-0.05, 0) is 36.5 Å². The standard InChI is InChI=1S/C32H46F2O3/c1-4-6-8-9-10-11-12-14-25-22-36-32(37-23-25)27-17-15-26(16-18-27)28-19-20-29(31(34)30(28)33)35-21-24(3)13-7-5-2/h15-20,24-25,32H,4-14,21-23H2,1-3H3. The summed E-state index contributed by atoms with van der Waals surface area (Å²) in [5.74, 6) is -1.11. The first kappa shape index (κ1) is 29.6. The molecular weight excluding hydrogens is 470 g/mol. The second-order valence-electron chi connectivity index (χ2n) is 10.7. The lowest BCUT2D eigenvalue weighted by molar-refractivity contribution is -0.206. The molecule has 206 valence electrons. The molecule has 1 heterocycles. The molecule has 0 amide bonds. The minimum Gasteiger partial charge on any atom is -0.490 e. The van der Waals surface area contributed by atoms with Crippen molar-refractivity contribution < 1.29 is 23.0 Å². The fourth-order valence-electron chi connectivity index (χ4n) is 4.85. The third kappa shape index (κ3) is 9.37. The molecule has 0 aliphatic carbocycles. The van der Waals surface area contributed by atoms with E-state index in [4.69, 9.17) is 14.2 Å². The van der Waals surface area contributed by atoms with E-state index in [9.17, 15) is 8.78 Å². The predicted molar refractivity (Wildman–Crippen MR) is 147 cm³/mol. The van der Waals surface area contributed by atoms with Crippen molar-refractivity contribution in [2.75, 3.05) is 19.8 Å². The molecule has 0 saturated carbocycles. The average Bonchev–Trinajstić information content (AvgIpc) is 2.93. The van der Waals surface area contributed by atoms with Gasteiger partial charge < -0.3 is 14.2 Å². The maximum Gasteiger partial charge on any atom is 0.201 e. The van der Waals surface area contributed by atoms with E-state index in [0.29, 0.717) is 37.2 Å². The number of benzene rings is 2. The Balaban J connectivity index is 1.47. The van der Waals surface area contributed by atoms with Gasteiger partial charge in [-0.3, -0.25) is 0 Å². The summed E-state index contributed by atoms with van der Waals surface area (Å²) < 4.78 is 47.1. The van der Waals surface area contributed by atoms with Gasteiger partial charge in [0.15, 0.2) is 17.9 Å². The monoisotopic (exact) mass is 516 g/mol. The minimum atomic E-state index is -0.935. The van der Waals surface area contributed by atoms with E-state index in [1.54, 1.807) is 18.2 Å². The normalized spacial score (nSPS) is 18.6. The Hall–Kier alpha value is -1.98. The maximum absolute atomic E-state index is 14.9. The molecule has 0 spiro atoms.